The average molecular weight is 494 g/mol. The highest BCUT2D eigenvalue weighted by Gasteiger charge is 2.42. The van der Waals surface area contributed by atoms with Gasteiger partial charge in [-0.1, -0.05) is 29.8 Å². The number of rotatable bonds is 5. The van der Waals surface area contributed by atoms with Crippen molar-refractivity contribution in [1.82, 2.24) is 19.6 Å². The highest BCUT2D eigenvalue weighted by atomic mass is 35.5. The quantitative estimate of drug-likeness (QED) is 0.528. The number of likely N-dealkylation sites (tertiary alicyclic amines) is 2. The van der Waals surface area contributed by atoms with Crippen molar-refractivity contribution in [2.75, 3.05) is 38.1 Å². The third-order valence-corrected chi connectivity index (χ3v) is 7.03. The summed E-state index contributed by atoms with van der Waals surface area (Å²) in [6.45, 7) is 5.66. The normalized spacial score (nSPS) is 19.6. The van der Waals surface area contributed by atoms with E-state index in [1.807, 2.05) is 35.2 Å². The van der Waals surface area contributed by atoms with Crippen LogP contribution in [-0.2, 0) is 11.3 Å². The van der Waals surface area contributed by atoms with Gasteiger partial charge in [0.1, 0.15) is 11.5 Å². The lowest BCUT2D eigenvalue weighted by molar-refractivity contribution is -0.116. The summed E-state index contributed by atoms with van der Waals surface area (Å²) < 4.78 is 7.31. The molecule has 2 atom stereocenters. The van der Waals surface area contributed by atoms with Crippen LogP contribution in [0.25, 0.3) is 0 Å². The first-order valence-corrected chi connectivity index (χ1v) is 12.1. The Balaban J connectivity index is 1.16. The lowest BCUT2D eigenvalue weighted by Gasteiger charge is -2.21. The standard InChI is InChI=1S/C26H28ClN5O3/c1-18(33)29(2)23-11-28-32(17-23)26(34)31-15-20-13-30(14-21(20)16-31)12-19-5-3-7-24(9-19)35-25-8-4-6-22(27)10-25/h3-11,17,20-21H,12-16H2,1-2H3. The van der Waals surface area contributed by atoms with E-state index in [0.29, 0.717) is 28.3 Å². The van der Waals surface area contributed by atoms with Crippen molar-refractivity contribution in [3.05, 3.63) is 71.5 Å². The fourth-order valence-corrected chi connectivity index (χ4v) is 5.11. The molecule has 3 aromatic rings. The Bertz CT molecular complexity index is 1230. The number of carbonyl (C=O) groups excluding carboxylic acids is 2. The molecule has 9 heteroatoms. The Hall–Kier alpha value is -3.36. The number of amides is 2. The van der Waals surface area contributed by atoms with E-state index in [-0.39, 0.29) is 11.9 Å². The molecule has 1 aromatic heterocycles. The molecular weight excluding hydrogens is 466 g/mol. The third-order valence-electron chi connectivity index (χ3n) is 6.79. The van der Waals surface area contributed by atoms with Gasteiger partial charge in [-0.2, -0.15) is 9.78 Å². The van der Waals surface area contributed by atoms with Crippen LogP contribution in [0.3, 0.4) is 0 Å². The largest absolute Gasteiger partial charge is 0.457 e. The summed E-state index contributed by atoms with van der Waals surface area (Å²) >= 11 is 6.06. The molecule has 2 fully saturated rings. The summed E-state index contributed by atoms with van der Waals surface area (Å²) in [5.74, 6) is 2.29. The maximum absolute atomic E-state index is 13.0. The summed E-state index contributed by atoms with van der Waals surface area (Å²) in [6.07, 6.45) is 3.16. The Morgan fingerprint density at radius 1 is 1.06 bits per heavy atom. The number of halogens is 1. The minimum Gasteiger partial charge on any atom is -0.457 e. The minimum absolute atomic E-state index is 0.102. The van der Waals surface area contributed by atoms with Gasteiger partial charge in [0.05, 0.1) is 18.1 Å². The minimum atomic E-state index is -0.139. The van der Waals surface area contributed by atoms with Gasteiger partial charge in [-0.05, 0) is 47.7 Å². The van der Waals surface area contributed by atoms with Gasteiger partial charge in [-0.25, -0.2) is 4.79 Å². The van der Waals surface area contributed by atoms with Gasteiger partial charge in [0.2, 0.25) is 5.91 Å². The fourth-order valence-electron chi connectivity index (χ4n) is 4.93. The lowest BCUT2D eigenvalue weighted by Crippen LogP contribution is -2.36. The Morgan fingerprint density at radius 3 is 2.43 bits per heavy atom. The first kappa shape index (κ1) is 23.4. The van der Waals surface area contributed by atoms with Crippen LogP contribution in [-0.4, -0.2) is 64.7 Å². The highest BCUT2D eigenvalue weighted by molar-refractivity contribution is 6.30. The van der Waals surface area contributed by atoms with Crippen molar-refractivity contribution in [1.29, 1.82) is 0 Å². The van der Waals surface area contributed by atoms with E-state index in [0.717, 1.165) is 38.5 Å². The molecule has 182 valence electrons. The van der Waals surface area contributed by atoms with Crippen molar-refractivity contribution in [3.8, 4) is 11.5 Å². The van der Waals surface area contributed by atoms with Gasteiger partial charge in [0.15, 0.2) is 0 Å². The van der Waals surface area contributed by atoms with E-state index in [4.69, 9.17) is 16.3 Å². The van der Waals surface area contributed by atoms with Gasteiger partial charge < -0.3 is 14.5 Å². The maximum Gasteiger partial charge on any atom is 0.344 e. The monoisotopic (exact) mass is 493 g/mol. The molecule has 0 bridgehead atoms. The number of ether oxygens (including phenoxy) is 1. The molecule has 2 unspecified atom stereocenters. The molecule has 0 radical (unpaired) electrons. The van der Waals surface area contributed by atoms with Crippen LogP contribution in [0.5, 0.6) is 11.5 Å². The SMILES string of the molecule is CC(=O)N(C)c1cnn(C(=O)N2CC3CN(Cc4cccc(Oc5cccc(Cl)c5)c4)CC3C2)c1. The molecule has 8 nitrogen and oxygen atoms in total. The zero-order chi connectivity index (χ0) is 24.5. The number of hydrogen-bond acceptors (Lipinski definition) is 5. The number of hydrogen-bond donors (Lipinski definition) is 0. The Labute approximate surface area is 209 Å². The van der Waals surface area contributed by atoms with Crippen LogP contribution < -0.4 is 9.64 Å². The average Bonchev–Trinajstić information content (AvgIpc) is 3.54. The van der Waals surface area contributed by atoms with Crippen LogP contribution in [0.15, 0.2) is 60.9 Å². The summed E-state index contributed by atoms with van der Waals surface area (Å²) in [5, 5.41) is 4.82. The van der Waals surface area contributed by atoms with Gasteiger partial charge in [0, 0.05) is 51.7 Å². The lowest BCUT2D eigenvalue weighted by atomic mass is 10.0. The van der Waals surface area contributed by atoms with E-state index in [2.05, 4.69) is 22.1 Å². The molecule has 0 saturated carbocycles. The number of carbonyl (C=O) groups is 2. The number of anilines is 1. The fraction of sp³-hybridized carbons (Fsp3) is 0.346. The van der Waals surface area contributed by atoms with E-state index < -0.39 is 0 Å². The predicted molar refractivity (Wildman–Crippen MR) is 134 cm³/mol. The second-order valence-corrected chi connectivity index (χ2v) is 9.77. The van der Waals surface area contributed by atoms with Crippen LogP contribution in [0.4, 0.5) is 10.5 Å². The molecule has 35 heavy (non-hydrogen) atoms. The molecule has 2 saturated heterocycles. The number of fused-ring (bicyclic) bond motifs is 1. The third kappa shape index (κ3) is 5.18. The second kappa shape index (κ2) is 9.71. The number of nitrogens with zero attached hydrogens (tertiary/aromatic N) is 5. The molecule has 2 aromatic carbocycles. The van der Waals surface area contributed by atoms with Crippen LogP contribution in [0, 0.1) is 11.8 Å². The molecule has 3 heterocycles. The van der Waals surface area contributed by atoms with E-state index in [1.54, 1.807) is 25.5 Å². The number of aromatic nitrogens is 2. The summed E-state index contributed by atoms with van der Waals surface area (Å²) in [6, 6.07) is 15.4. The van der Waals surface area contributed by atoms with Gasteiger partial charge in [0.25, 0.3) is 0 Å². The van der Waals surface area contributed by atoms with Crippen molar-refractivity contribution < 1.29 is 14.3 Å². The van der Waals surface area contributed by atoms with Gasteiger partial charge in [-0.15, -0.1) is 0 Å². The Kier molecular flexibility index (Phi) is 6.49. The predicted octanol–water partition coefficient (Wildman–Crippen LogP) is 4.34. The molecule has 2 aliphatic rings. The molecule has 0 N–H and O–H groups in total. The smallest absolute Gasteiger partial charge is 0.344 e. The number of benzene rings is 2. The maximum atomic E-state index is 13.0. The second-order valence-electron chi connectivity index (χ2n) is 9.33. The first-order valence-electron chi connectivity index (χ1n) is 11.7. The van der Waals surface area contributed by atoms with Crippen LogP contribution in [0.1, 0.15) is 12.5 Å². The summed E-state index contributed by atoms with van der Waals surface area (Å²) in [4.78, 5) is 30.3. The van der Waals surface area contributed by atoms with Crippen LogP contribution >= 0.6 is 11.6 Å². The van der Waals surface area contributed by atoms with Gasteiger partial charge in [-0.3, -0.25) is 9.69 Å². The van der Waals surface area contributed by atoms with Crippen molar-refractivity contribution in [3.63, 3.8) is 0 Å². The zero-order valence-corrected chi connectivity index (χ0v) is 20.6. The van der Waals surface area contributed by atoms with E-state index >= 15 is 0 Å². The Morgan fingerprint density at radius 2 is 1.74 bits per heavy atom. The molecule has 0 spiro atoms. The highest BCUT2D eigenvalue weighted by Crippen LogP contribution is 2.33. The topological polar surface area (TPSA) is 70.9 Å². The van der Waals surface area contributed by atoms with Crippen molar-refractivity contribution in [2.45, 2.75) is 13.5 Å². The van der Waals surface area contributed by atoms with E-state index in [1.165, 1.54) is 22.1 Å². The van der Waals surface area contributed by atoms with Crippen LogP contribution in [0.2, 0.25) is 5.02 Å². The van der Waals surface area contributed by atoms with Gasteiger partial charge >= 0.3 is 6.03 Å². The first-order chi connectivity index (χ1) is 16.9. The molecule has 0 aliphatic carbocycles. The van der Waals surface area contributed by atoms with Crippen molar-refractivity contribution in [2.24, 2.45) is 11.8 Å². The molecule has 2 aliphatic heterocycles. The van der Waals surface area contributed by atoms with E-state index in [9.17, 15) is 9.59 Å². The van der Waals surface area contributed by atoms with Crippen molar-refractivity contribution >= 4 is 29.2 Å². The molecular formula is C26H28ClN5O3. The molecule has 2 amide bonds. The summed E-state index contributed by atoms with van der Waals surface area (Å²) in [7, 11) is 1.67. The summed E-state index contributed by atoms with van der Waals surface area (Å²) in [5.41, 5.74) is 1.80. The molecule has 5 rings (SSSR count). The zero-order valence-electron chi connectivity index (χ0n) is 19.8.